The molecule has 0 aliphatic heterocycles. The van der Waals surface area contributed by atoms with E-state index in [2.05, 4.69) is 82.8 Å². The molecule has 0 aliphatic rings. The standard InChI is InChI=1S/C38H38N4O2/c1-3-5-27-43-37-23-19-35(20-24-37)41-39-33-15-11-31(12-16-33)29-7-9-30(10-8-29)32-13-17-34(18-14-32)40-42-36-21-25-38(26-22-36)44-28-6-4-2/h7-26H,3-6,27-28H2,1-2H3/b41-39+,42-40+. The predicted octanol–water partition coefficient (Wildman–Crippen LogP) is 12.2. The topological polar surface area (TPSA) is 67.9 Å². The highest BCUT2D eigenvalue weighted by Crippen LogP contribution is 2.29. The lowest BCUT2D eigenvalue weighted by Crippen LogP contribution is -1.95. The second-order valence-corrected chi connectivity index (χ2v) is 10.5. The summed E-state index contributed by atoms with van der Waals surface area (Å²) in [6, 6.07) is 40.2. The van der Waals surface area contributed by atoms with Crippen molar-refractivity contribution in [2.45, 2.75) is 39.5 Å². The molecule has 44 heavy (non-hydrogen) atoms. The van der Waals surface area contributed by atoms with E-state index in [0.29, 0.717) is 0 Å². The normalized spacial score (nSPS) is 11.3. The summed E-state index contributed by atoms with van der Waals surface area (Å²) in [5, 5.41) is 17.5. The average molecular weight is 583 g/mol. The Morgan fingerprint density at radius 2 is 0.614 bits per heavy atom. The molecule has 0 aromatic heterocycles. The molecule has 6 heteroatoms. The number of hydrogen-bond donors (Lipinski definition) is 0. The third kappa shape index (κ3) is 8.95. The molecule has 0 aliphatic carbocycles. The van der Waals surface area contributed by atoms with E-state index in [0.717, 1.165) is 95.4 Å². The zero-order valence-corrected chi connectivity index (χ0v) is 25.4. The quantitative estimate of drug-likeness (QED) is 0.0965. The van der Waals surface area contributed by atoms with Crippen molar-refractivity contribution in [2.24, 2.45) is 20.5 Å². The van der Waals surface area contributed by atoms with Crippen LogP contribution in [0, 0.1) is 0 Å². The Labute approximate surface area is 260 Å². The van der Waals surface area contributed by atoms with E-state index in [1.165, 1.54) is 0 Å². The van der Waals surface area contributed by atoms with Crippen molar-refractivity contribution >= 4 is 22.7 Å². The van der Waals surface area contributed by atoms with Crippen LogP contribution in [0.15, 0.2) is 142 Å². The van der Waals surface area contributed by atoms with Crippen LogP contribution in [0.1, 0.15) is 39.5 Å². The first-order valence-corrected chi connectivity index (χ1v) is 15.3. The van der Waals surface area contributed by atoms with Gasteiger partial charge in [-0.2, -0.15) is 20.5 Å². The van der Waals surface area contributed by atoms with Crippen LogP contribution in [-0.4, -0.2) is 13.2 Å². The summed E-state index contributed by atoms with van der Waals surface area (Å²) in [5.74, 6) is 1.72. The van der Waals surface area contributed by atoms with Crippen molar-refractivity contribution in [1.82, 2.24) is 0 Å². The van der Waals surface area contributed by atoms with Gasteiger partial charge in [-0.05, 0) is 108 Å². The Hall–Kier alpha value is -5.10. The van der Waals surface area contributed by atoms with Crippen molar-refractivity contribution in [3.63, 3.8) is 0 Å². The predicted molar refractivity (Wildman–Crippen MR) is 179 cm³/mol. The van der Waals surface area contributed by atoms with Gasteiger partial charge in [-0.3, -0.25) is 0 Å². The fraction of sp³-hybridized carbons (Fsp3) is 0.211. The highest BCUT2D eigenvalue weighted by atomic mass is 16.5. The van der Waals surface area contributed by atoms with E-state index in [9.17, 15) is 0 Å². The van der Waals surface area contributed by atoms with Gasteiger partial charge < -0.3 is 9.47 Å². The van der Waals surface area contributed by atoms with E-state index in [4.69, 9.17) is 9.47 Å². The molecule has 0 fully saturated rings. The second-order valence-electron chi connectivity index (χ2n) is 10.5. The molecule has 222 valence electrons. The minimum absolute atomic E-state index is 0.736. The summed E-state index contributed by atoms with van der Waals surface area (Å²) in [4.78, 5) is 0. The minimum Gasteiger partial charge on any atom is -0.494 e. The molecular weight excluding hydrogens is 544 g/mol. The van der Waals surface area contributed by atoms with E-state index in [1.807, 2.05) is 72.8 Å². The van der Waals surface area contributed by atoms with E-state index in [1.54, 1.807) is 0 Å². The largest absolute Gasteiger partial charge is 0.494 e. The number of benzene rings is 5. The first-order valence-electron chi connectivity index (χ1n) is 15.3. The first-order chi connectivity index (χ1) is 21.7. The molecule has 0 amide bonds. The third-order valence-electron chi connectivity index (χ3n) is 7.05. The summed E-state index contributed by atoms with van der Waals surface area (Å²) >= 11 is 0. The lowest BCUT2D eigenvalue weighted by molar-refractivity contribution is 0.309. The van der Waals surface area contributed by atoms with Gasteiger partial charge in [0, 0.05) is 0 Å². The SMILES string of the molecule is CCCCOc1ccc(/N=N/c2ccc(-c3ccc(-c4ccc(/N=N/c5ccc(OCCCC)cc5)cc4)cc3)cc2)cc1. The molecule has 0 N–H and O–H groups in total. The van der Waals surface area contributed by atoms with E-state index in [-0.39, 0.29) is 0 Å². The number of unbranched alkanes of at least 4 members (excludes halogenated alkanes) is 2. The second kappa shape index (κ2) is 15.9. The van der Waals surface area contributed by atoms with Gasteiger partial charge in [0.1, 0.15) is 11.5 Å². The molecule has 0 unspecified atom stereocenters. The maximum Gasteiger partial charge on any atom is 0.119 e. The maximum absolute atomic E-state index is 5.71. The highest BCUT2D eigenvalue weighted by Gasteiger charge is 2.03. The average Bonchev–Trinajstić information content (AvgIpc) is 3.08. The van der Waals surface area contributed by atoms with Gasteiger partial charge in [0.25, 0.3) is 0 Å². The van der Waals surface area contributed by atoms with Crippen LogP contribution in [0.3, 0.4) is 0 Å². The molecule has 5 rings (SSSR count). The van der Waals surface area contributed by atoms with Crippen molar-refractivity contribution in [1.29, 1.82) is 0 Å². The number of ether oxygens (including phenoxy) is 2. The summed E-state index contributed by atoms with van der Waals surface area (Å²) in [6.07, 6.45) is 4.34. The van der Waals surface area contributed by atoms with Crippen molar-refractivity contribution in [2.75, 3.05) is 13.2 Å². The van der Waals surface area contributed by atoms with Gasteiger partial charge in [-0.1, -0.05) is 75.2 Å². The Bertz CT molecular complexity index is 1500. The van der Waals surface area contributed by atoms with Crippen LogP contribution < -0.4 is 9.47 Å². The number of rotatable bonds is 14. The van der Waals surface area contributed by atoms with Gasteiger partial charge in [0.15, 0.2) is 0 Å². The van der Waals surface area contributed by atoms with Crippen LogP contribution in [0.5, 0.6) is 11.5 Å². The number of nitrogens with zero attached hydrogens (tertiary/aromatic N) is 4. The number of hydrogen-bond acceptors (Lipinski definition) is 6. The van der Waals surface area contributed by atoms with Crippen LogP contribution in [-0.2, 0) is 0 Å². The highest BCUT2D eigenvalue weighted by molar-refractivity contribution is 5.71. The van der Waals surface area contributed by atoms with E-state index < -0.39 is 0 Å². The van der Waals surface area contributed by atoms with E-state index >= 15 is 0 Å². The first kappa shape index (κ1) is 30.4. The molecule has 6 nitrogen and oxygen atoms in total. The lowest BCUT2D eigenvalue weighted by Gasteiger charge is -2.06. The molecule has 5 aromatic rings. The van der Waals surface area contributed by atoms with Crippen molar-refractivity contribution < 1.29 is 9.47 Å². The van der Waals surface area contributed by atoms with Gasteiger partial charge >= 0.3 is 0 Å². The molecule has 5 aromatic carbocycles. The Balaban J connectivity index is 1.14. The van der Waals surface area contributed by atoms with Crippen molar-refractivity contribution in [3.8, 4) is 33.8 Å². The molecule has 0 saturated carbocycles. The van der Waals surface area contributed by atoms with Crippen molar-refractivity contribution in [3.05, 3.63) is 121 Å². The van der Waals surface area contributed by atoms with Crippen LogP contribution in [0.2, 0.25) is 0 Å². The molecule has 0 bridgehead atoms. The monoisotopic (exact) mass is 582 g/mol. The van der Waals surface area contributed by atoms with Gasteiger partial charge in [-0.25, -0.2) is 0 Å². The molecular formula is C38H38N4O2. The molecule has 0 heterocycles. The molecule has 0 atom stereocenters. The van der Waals surface area contributed by atoms with Gasteiger partial charge in [0.2, 0.25) is 0 Å². The molecule has 0 radical (unpaired) electrons. The van der Waals surface area contributed by atoms with Crippen LogP contribution in [0.4, 0.5) is 22.7 Å². The Morgan fingerprint density at radius 3 is 0.886 bits per heavy atom. The molecule has 0 spiro atoms. The number of azo groups is 2. The summed E-state index contributed by atoms with van der Waals surface area (Å²) < 4.78 is 11.4. The fourth-order valence-corrected chi connectivity index (χ4v) is 4.41. The van der Waals surface area contributed by atoms with Crippen LogP contribution >= 0.6 is 0 Å². The maximum atomic E-state index is 5.71. The third-order valence-corrected chi connectivity index (χ3v) is 7.05. The van der Waals surface area contributed by atoms with Gasteiger partial charge in [0.05, 0.1) is 36.0 Å². The summed E-state index contributed by atoms with van der Waals surface area (Å²) in [5.41, 5.74) is 7.73. The summed E-state index contributed by atoms with van der Waals surface area (Å²) in [6.45, 7) is 5.78. The van der Waals surface area contributed by atoms with Crippen LogP contribution in [0.25, 0.3) is 22.3 Å². The van der Waals surface area contributed by atoms with Gasteiger partial charge in [-0.15, -0.1) is 0 Å². The zero-order valence-electron chi connectivity index (χ0n) is 25.4. The zero-order chi connectivity index (χ0) is 30.4. The fourth-order valence-electron chi connectivity index (χ4n) is 4.41. The lowest BCUT2D eigenvalue weighted by atomic mass is 10.00. The Morgan fingerprint density at radius 1 is 0.364 bits per heavy atom. The summed E-state index contributed by atoms with van der Waals surface area (Å²) in [7, 11) is 0. The smallest absolute Gasteiger partial charge is 0.119 e. The molecule has 0 saturated heterocycles. The minimum atomic E-state index is 0.736. The Kier molecular flexibility index (Phi) is 11.0.